The van der Waals surface area contributed by atoms with E-state index in [1.54, 1.807) is 0 Å². The van der Waals surface area contributed by atoms with Gasteiger partial charge in [-0.3, -0.25) is 0 Å². The van der Waals surface area contributed by atoms with E-state index in [0.29, 0.717) is 0 Å². The summed E-state index contributed by atoms with van der Waals surface area (Å²) in [5.41, 5.74) is 0. The summed E-state index contributed by atoms with van der Waals surface area (Å²) in [6.45, 7) is 5.17. The molecule has 1 fully saturated rings. The zero-order chi connectivity index (χ0) is 12.5. The van der Waals surface area contributed by atoms with Crippen LogP contribution in [0.4, 0.5) is 0 Å². The predicted molar refractivity (Wildman–Crippen MR) is 80.0 cm³/mol. The van der Waals surface area contributed by atoms with Gasteiger partial charge in [-0.05, 0) is 71.1 Å². The molecule has 0 aromatic carbocycles. The van der Waals surface area contributed by atoms with Gasteiger partial charge in [0.1, 0.15) is 0 Å². The molecule has 0 amide bonds. The highest BCUT2D eigenvalue weighted by Gasteiger charge is 2.17. The van der Waals surface area contributed by atoms with Gasteiger partial charge in [0.15, 0.2) is 0 Å². The van der Waals surface area contributed by atoms with Gasteiger partial charge in [0.05, 0.1) is 0 Å². The molecule has 0 aliphatic carbocycles. The van der Waals surface area contributed by atoms with E-state index in [1.165, 1.54) is 64.7 Å². The molecule has 0 N–H and O–H groups in total. The Balaban J connectivity index is 1.98. The summed E-state index contributed by atoms with van der Waals surface area (Å²) < 4.78 is 0. The van der Waals surface area contributed by atoms with Crippen LogP contribution in [0.2, 0.25) is 0 Å². The minimum absolute atomic E-state index is 0.939. The number of unbranched alkanes of at least 4 members (excludes halogenated alkanes) is 3. The van der Waals surface area contributed by atoms with Gasteiger partial charge in [0, 0.05) is 6.54 Å². The summed E-state index contributed by atoms with van der Waals surface area (Å²) in [7, 11) is 4.53. The van der Waals surface area contributed by atoms with Crippen molar-refractivity contribution in [2.45, 2.75) is 38.5 Å². The Morgan fingerprint density at radius 2 is 1.76 bits per heavy atom. The molecule has 0 aromatic rings. The van der Waals surface area contributed by atoms with E-state index in [9.17, 15) is 0 Å². The van der Waals surface area contributed by atoms with Crippen LogP contribution in [0.1, 0.15) is 38.5 Å². The first-order valence-corrected chi connectivity index (χ1v) is 7.83. The summed E-state index contributed by atoms with van der Waals surface area (Å²) in [5.74, 6) is 1.99. The van der Waals surface area contributed by atoms with Crippen molar-refractivity contribution in [1.82, 2.24) is 9.80 Å². The van der Waals surface area contributed by atoms with E-state index in [1.807, 2.05) is 0 Å². The molecule has 0 bridgehead atoms. The summed E-state index contributed by atoms with van der Waals surface area (Å²) >= 11 is 4.24. The van der Waals surface area contributed by atoms with Gasteiger partial charge >= 0.3 is 0 Å². The van der Waals surface area contributed by atoms with Crippen molar-refractivity contribution >= 4 is 12.6 Å². The molecule has 0 saturated carbocycles. The van der Waals surface area contributed by atoms with Gasteiger partial charge in [-0.2, -0.15) is 12.6 Å². The number of hydrogen-bond donors (Lipinski definition) is 1. The molecule has 3 heteroatoms. The molecule has 1 aliphatic heterocycles. The maximum Gasteiger partial charge on any atom is 0.000756 e. The van der Waals surface area contributed by atoms with Crippen LogP contribution in [0.25, 0.3) is 0 Å². The molecule has 0 radical (unpaired) electrons. The van der Waals surface area contributed by atoms with Gasteiger partial charge in [0.25, 0.3) is 0 Å². The van der Waals surface area contributed by atoms with Crippen molar-refractivity contribution in [3.8, 4) is 0 Å². The minimum atomic E-state index is 0.939. The zero-order valence-electron chi connectivity index (χ0n) is 11.7. The Bertz CT molecular complexity index is 179. The number of hydrogen-bond acceptors (Lipinski definition) is 3. The fourth-order valence-electron chi connectivity index (χ4n) is 2.62. The number of rotatable bonds is 8. The van der Waals surface area contributed by atoms with Crippen LogP contribution in [-0.4, -0.2) is 55.8 Å². The van der Waals surface area contributed by atoms with Crippen LogP contribution in [-0.2, 0) is 0 Å². The van der Waals surface area contributed by atoms with Crippen molar-refractivity contribution < 1.29 is 0 Å². The van der Waals surface area contributed by atoms with Crippen molar-refractivity contribution in [1.29, 1.82) is 0 Å². The molecular weight excluding hydrogens is 228 g/mol. The number of thiol groups is 1. The molecular formula is C14H30N2S. The van der Waals surface area contributed by atoms with Gasteiger partial charge in [-0.25, -0.2) is 0 Å². The van der Waals surface area contributed by atoms with E-state index < -0.39 is 0 Å². The first-order valence-electron chi connectivity index (χ1n) is 7.20. The molecule has 1 aliphatic rings. The Kier molecular flexibility index (Phi) is 8.33. The molecule has 0 atom stereocenters. The van der Waals surface area contributed by atoms with Crippen LogP contribution in [0.5, 0.6) is 0 Å². The second-order valence-corrected chi connectivity index (χ2v) is 6.09. The first kappa shape index (κ1) is 15.3. The third-order valence-electron chi connectivity index (χ3n) is 3.86. The lowest BCUT2D eigenvalue weighted by Gasteiger charge is -2.31. The van der Waals surface area contributed by atoms with Crippen LogP contribution < -0.4 is 0 Å². The largest absolute Gasteiger partial charge is 0.306 e. The lowest BCUT2D eigenvalue weighted by Crippen LogP contribution is -2.36. The van der Waals surface area contributed by atoms with Crippen LogP contribution in [0.3, 0.4) is 0 Å². The normalized spacial score (nSPS) is 19.1. The molecule has 1 heterocycles. The van der Waals surface area contributed by atoms with Gasteiger partial charge in [-0.1, -0.05) is 12.8 Å². The zero-order valence-corrected chi connectivity index (χ0v) is 12.6. The molecule has 17 heavy (non-hydrogen) atoms. The fourth-order valence-corrected chi connectivity index (χ4v) is 2.85. The molecule has 1 saturated heterocycles. The lowest BCUT2D eigenvalue weighted by atomic mass is 9.96. The maximum atomic E-state index is 4.24. The third-order valence-corrected chi connectivity index (χ3v) is 4.17. The monoisotopic (exact) mass is 258 g/mol. The summed E-state index contributed by atoms with van der Waals surface area (Å²) in [6.07, 6.45) is 8.14. The van der Waals surface area contributed by atoms with Crippen molar-refractivity contribution in [3.05, 3.63) is 0 Å². The first-order chi connectivity index (χ1) is 8.22. The highest BCUT2D eigenvalue weighted by molar-refractivity contribution is 7.80. The van der Waals surface area contributed by atoms with E-state index in [2.05, 4.69) is 36.5 Å². The highest BCUT2D eigenvalue weighted by Crippen LogP contribution is 2.17. The summed E-state index contributed by atoms with van der Waals surface area (Å²) in [4.78, 5) is 4.99. The Morgan fingerprint density at radius 3 is 2.41 bits per heavy atom. The molecule has 1 rings (SSSR count). The lowest BCUT2D eigenvalue weighted by molar-refractivity contribution is 0.175. The molecule has 0 unspecified atom stereocenters. The Morgan fingerprint density at radius 1 is 1.12 bits per heavy atom. The predicted octanol–water partition coefficient (Wildman–Crippen LogP) is 2.75. The van der Waals surface area contributed by atoms with Gasteiger partial charge in [0.2, 0.25) is 0 Å². The molecule has 0 aromatic heterocycles. The second-order valence-electron chi connectivity index (χ2n) is 5.65. The Hall–Kier alpha value is 0.270. The molecule has 0 spiro atoms. The van der Waals surface area contributed by atoms with Crippen molar-refractivity contribution in [2.75, 3.05) is 46.0 Å². The molecule has 102 valence electrons. The molecule has 2 nitrogen and oxygen atoms in total. The van der Waals surface area contributed by atoms with Crippen molar-refractivity contribution in [3.63, 3.8) is 0 Å². The number of likely N-dealkylation sites (tertiary alicyclic amines) is 1. The van der Waals surface area contributed by atoms with Crippen LogP contribution in [0, 0.1) is 5.92 Å². The smallest absolute Gasteiger partial charge is 0.000756 e. The van der Waals surface area contributed by atoms with E-state index >= 15 is 0 Å². The maximum absolute atomic E-state index is 4.24. The SMILES string of the molecule is CN1CCC(CN(C)CCCCCCS)CC1. The number of nitrogens with zero attached hydrogens (tertiary/aromatic N) is 2. The van der Waals surface area contributed by atoms with E-state index in [0.717, 1.165) is 11.7 Å². The van der Waals surface area contributed by atoms with Crippen LogP contribution in [0.15, 0.2) is 0 Å². The average Bonchev–Trinajstić information content (AvgIpc) is 2.32. The number of piperidine rings is 1. The second kappa shape index (κ2) is 9.23. The quantitative estimate of drug-likeness (QED) is 0.528. The van der Waals surface area contributed by atoms with Gasteiger partial charge < -0.3 is 9.80 Å². The van der Waals surface area contributed by atoms with Gasteiger partial charge in [-0.15, -0.1) is 0 Å². The van der Waals surface area contributed by atoms with E-state index in [-0.39, 0.29) is 0 Å². The summed E-state index contributed by atoms with van der Waals surface area (Å²) in [6, 6.07) is 0. The fraction of sp³-hybridized carbons (Fsp3) is 1.00. The summed E-state index contributed by atoms with van der Waals surface area (Å²) in [5, 5.41) is 0. The Labute approximate surface area is 113 Å². The van der Waals surface area contributed by atoms with E-state index in [4.69, 9.17) is 0 Å². The minimum Gasteiger partial charge on any atom is -0.306 e. The average molecular weight is 258 g/mol. The van der Waals surface area contributed by atoms with Crippen LogP contribution >= 0.6 is 12.6 Å². The highest BCUT2D eigenvalue weighted by atomic mass is 32.1. The standard InChI is InChI=1S/C14H30N2S/c1-15-10-7-14(8-11-15)13-16(2)9-5-3-4-6-12-17/h14,17H,3-13H2,1-2H3. The van der Waals surface area contributed by atoms with Crippen molar-refractivity contribution in [2.24, 2.45) is 5.92 Å². The topological polar surface area (TPSA) is 6.48 Å². The third kappa shape index (κ3) is 7.32.